The van der Waals surface area contributed by atoms with Crippen molar-refractivity contribution in [3.63, 3.8) is 0 Å². The molecule has 5 nitrogen and oxygen atoms in total. The van der Waals surface area contributed by atoms with Crippen LogP contribution >= 0.6 is 7.37 Å². The van der Waals surface area contributed by atoms with Gasteiger partial charge >= 0.3 is 5.97 Å². The second-order valence-electron chi connectivity index (χ2n) is 5.02. The first-order chi connectivity index (χ1) is 10.4. The third-order valence-electron chi connectivity index (χ3n) is 3.42. The first kappa shape index (κ1) is 16.4. The van der Waals surface area contributed by atoms with E-state index in [-0.39, 0.29) is 0 Å². The predicted octanol–water partition coefficient (Wildman–Crippen LogP) is 2.82. The van der Waals surface area contributed by atoms with Crippen LogP contribution in [0.25, 0.3) is 0 Å². The van der Waals surface area contributed by atoms with Crippen LogP contribution in [0.2, 0.25) is 0 Å². The number of hydrogen-bond acceptors (Lipinski definition) is 3. The van der Waals surface area contributed by atoms with Crippen LogP contribution < -0.4 is 0 Å². The maximum atomic E-state index is 12.4. The molecule has 116 valence electrons. The van der Waals surface area contributed by atoms with Crippen LogP contribution in [0.4, 0.5) is 0 Å². The Kier molecular flexibility index (Phi) is 5.14. The molecule has 0 fully saturated rings. The number of aliphatic hydroxyl groups is 1. The fraction of sp³-hybridized carbons (Fsp3) is 0.188. The lowest BCUT2D eigenvalue weighted by Crippen LogP contribution is -2.18. The molecule has 0 saturated heterocycles. The van der Waals surface area contributed by atoms with Gasteiger partial charge in [-0.15, -0.1) is 0 Å². The van der Waals surface area contributed by atoms with Crippen LogP contribution in [-0.4, -0.2) is 27.2 Å². The highest BCUT2D eigenvalue weighted by atomic mass is 31.2. The van der Waals surface area contributed by atoms with E-state index in [0.717, 1.165) is 0 Å². The van der Waals surface area contributed by atoms with Gasteiger partial charge in [-0.3, -0.25) is 9.36 Å². The summed E-state index contributed by atoms with van der Waals surface area (Å²) >= 11 is 0. The molecule has 3 unspecified atom stereocenters. The van der Waals surface area contributed by atoms with Crippen LogP contribution in [0.15, 0.2) is 60.7 Å². The fourth-order valence-electron chi connectivity index (χ4n) is 2.23. The van der Waals surface area contributed by atoms with E-state index in [9.17, 15) is 24.5 Å². The number of aliphatic hydroxyl groups excluding tert-OH is 1. The molecule has 2 aromatic carbocycles. The molecule has 0 amide bonds. The minimum atomic E-state index is -4.11. The topological polar surface area (TPSA) is 94.8 Å². The van der Waals surface area contributed by atoms with Crippen molar-refractivity contribution in [1.82, 2.24) is 0 Å². The summed E-state index contributed by atoms with van der Waals surface area (Å²) in [6.07, 6.45) is -0.525. The zero-order valence-electron chi connectivity index (χ0n) is 11.7. The predicted molar refractivity (Wildman–Crippen MR) is 82.9 cm³/mol. The third-order valence-corrected chi connectivity index (χ3v) is 5.37. The number of carboxylic acid groups (broad SMARTS) is 1. The average molecular weight is 320 g/mol. The van der Waals surface area contributed by atoms with E-state index in [4.69, 9.17) is 0 Å². The minimum Gasteiger partial charge on any atom is -0.481 e. The molecule has 0 spiro atoms. The van der Waals surface area contributed by atoms with Crippen LogP contribution in [-0.2, 0) is 9.36 Å². The van der Waals surface area contributed by atoms with E-state index in [1.54, 1.807) is 48.5 Å². The molecule has 0 radical (unpaired) electrons. The molecule has 0 aliphatic heterocycles. The average Bonchev–Trinajstić information content (AvgIpc) is 2.53. The summed E-state index contributed by atoms with van der Waals surface area (Å²) in [7, 11) is -4.11. The maximum Gasteiger partial charge on any atom is 0.311 e. The van der Waals surface area contributed by atoms with Crippen molar-refractivity contribution in [1.29, 1.82) is 0 Å². The number of benzene rings is 2. The SMILES string of the molecule is O=C(O)C(CP(=O)(O)C(O)c1ccccc1)c1ccccc1. The Hall–Kier alpha value is -1.94. The van der Waals surface area contributed by atoms with Crippen LogP contribution in [0, 0.1) is 0 Å². The smallest absolute Gasteiger partial charge is 0.311 e. The van der Waals surface area contributed by atoms with E-state index in [1.807, 2.05) is 0 Å². The summed E-state index contributed by atoms with van der Waals surface area (Å²) in [6, 6.07) is 16.3. The quantitative estimate of drug-likeness (QED) is 0.711. The number of rotatable bonds is 6. The largest absolute Gasteiger partial charge is 0.481 e. The Morgan fingerprint density at radius 1 is 0.955 bits per heavy atom. The summed E-state index contributed by atoms with van der Waals surface area (Å²) in [5.41, 5.74) is 0.732. The van der Waals surface area contributed by atoms with Crippen molar-refractivity contribution >= 4 is 13.3 Å². The van der Waals surface area contributed by atoms with E-state index >= 15 is 0 Å². The standard InChI is InChI=1S/C16H17O5P/c17-15(18)14(12-7-3-1-4-8-12)11-22(20,21)16(19)13-9-5-2-6-10-13/h1-10,14,16,19H,11H2,(H,17,18)(H,20,21). The van der Waals surface area contributed by atoms with E-state index in [0.29, 0.717) is 11.1 Å². The van der Waals surface area contributed by atoms with Gasteiger partial charge in [0.2, 0.25) is 7.37 Å². The van der Waals surface area contributed by atoms with Crippen LogP contribution in [0.3, 0.4) is 0 Å². The van der Waals surface area contributed by atoms with Gasteiger partial charge in [-0.1, -0.05) is 60.7 Å². The third kappa shape index (κ3) is 3.83. The summed E-state index contributed by atoms with van der Waals surface area (Å²) < 4.78 is 12.4. The van der Waals surface area contributed by atoms with Crippen molar-refractivity contribution in [2.24, 2.45) is 0 Å². The fourth-order valence-corrected chi connectivity index (χ4v) is 3.96. The van der Waals surface area contributed by atoms with Gasteiger partial charge in [0.05, 0.1) is 5.92 Å². The molecule has 22 heavy (non-hydrogen) atoms. The van der Waals surface area contributed by atoms with Crippen molar-refractivity contribution in [2.45, 2.75) is 11.8 Å². The van der Waals surface area contributed by atoms with Gasteiger partial charge in [-0.2, -0.15) is 0 Å². The minimum absolute atomic E-state index is 0.297. The molecule has 0 bridgehead atoms. The molecule has 0 aliphatic carbocycles. The summed E-state index contributed by atoms with van der Waals surface area (Å²) in [4.78, 5) is 21.6. The molecule has 0 heterocycles. The first-order valence-electron chi connectivity index (χ1n) is 6.74. The second-order valence-corrected chi connectivity index (χ2v) is 7.39. The first-order valence-corrected chi connectivity index (χ1v) is 8.65. The Bertz CT molecular complexity index is 671. The summed E-state index contributed by atoms with van der Waals surface area (Å²) in [5.74, 6) is -3.93. The Morgan fingerprint density at radius 3 is 1.86 bits per heavy atom. The van der Waals surface area contributed by atoms with Crippen molar-refractivity contribution in [2.75, 3.05) is 6.16 Å². The maximum absolute atomic E-state index is 12.4. The number of carboxylic acids is 1. The second kappa shape index (κ2) is 6.88. The number of aliphatic carboxylic acids is 1. The van der Waals surface area contributed by atoms with Gasteiger partial charge < -0.3 is 15.1 Å². The van der Waals surface area contributed by atoms with E-state index in [1.165, 1.54) is 12.1 Å². The lowest BCUT2D eigenvalue weighted by molar-refractivity contribution is -0.138. The Balaban J connectivity index is 2.25. The summed E-state index contributed by atoms with van der Waals surface area (Å²) in [5, 5.41) is 19.4. The highest BCUT2D eigenvalue weighted by molar-refractivity contribution is 7.58. The van der Waals surface area contributed by atoms with Crippen molar-refractivity contribution in [3.8, 4) is 0 Å². The lowest BCUT2D eigenvalue weighted by Gasteiger charge is -2.22. The van der Waals surface area contributed by atoms with Crippen molar-refractivity contribution < 1.29 is 24.5 Å². The zero-order valence-corrected chi connectivity index (χ0v) is 12.6. The Labute approximate surface area is 128 Å². The normalized spacial score (nSPS) is 16.5. The highest BCUT2D eigenvalue weighted by Crippen LogP contribution is 2.56. The van der Waals surface area contributed by atoms with Crippen LogP contribution in [0.5, 0.6) is 0 Å². The molecule has 3 atom stereocenters. The molecule has 0 saturated carbocycles. The molecule has 2 rings (SSSR count). The van der Waals surface area contributed by atoms with Crippen LogP contribution in [0.1, 0.15) is 22.9 Å². The molecular weight excluding hydrogens is 303 g/mol. The van der Waals surface area contributed by atoms with Crippen molar-refractivity contribution in [3.05, 3.63) is 71.8 Å². The van der Waals surface area contributed by atoms with Gasteiger partial charge in [0.25, 0.3) is 0 Å². The van der Waals surface area contributed by atoms with Gasteiger partial charge in [-0.25, -0.2) is 0 Å². The van der Waals surface area contributed by atoms with Gasteiger partial charge in [0, 0.05) is 6.16 Å². The highest BCUT2D eigenvalue weighted by Gasteiger charge is 2.36. The lowest BCUT2D eigenvalue weighted by atomic mass is 10.0. The molecule has 0 aromatic heterocycles. The number of hydrogen-bond donors (Lipinski definition) is 3. The van der Waals surface area contributed by atoms with E-state index < -0.39 is 31.3 Å². The molecule has 2 aromatic rings. The zero-order chi connectivity index (χ0) is 16.2. The van der Waals surface area contributed by atoms with Gasteiger partial charge in [0.15, 0.2) is 5.85 Å². The monoisotopic (exact) mass is 320 g/mol. The molecular formula is C16H17O5P. The molecule has 0 aliphatic rings. The van der Waals surface area contributed by atoms with E-state index in [2.05, 4.69) is 0 Å². The molecule has 3 N–H and O–H groups in total. The molecule has 6 heteroatoms. The van der Waals surface area contributed by atoms with Gasteiger partial charge in [-0.05, 0) is 11.1 Å². The summed E-state index contributed by atoms with van der Waals surface area (Å²) in [6.45, 7) is 0. The van der Waals surface area contributed by atoms with Gasteiger partial charge in [0.1, 0.15) is 0 Å². The Morgan fingerprint density at radius 2 is 1.41 bits per heavy atom. The number of carbonyl (C=O) groups is 1.